The number of benzene rings is 2. The Balaban J connectivity index is 2.21. The molecule has 1 unspecified atom stereocenters. The van der Waals surface area contributed by atoms with Crippen LogP contribution in [0.4, 0.5) is 0 Å². The van der Waals surface area contributed by atoms with Crippen molar-refractivity contribution in [1.82, 2.24) is 5.32 Å². The molecule has 0 aliphatic heterocycles. The molecule has 0 heterocycles. The Hall–Kier alpha value is -1.64. The van der Waals surface area contributed by atoms with E-state index in [0.29, 0.717) is 6.04 Å². The topological polar surface area (TPSA) is 21.3 Å². The summed E-state index contributed by atoms with van der Waals surface area (Å²) in [6.07, 6.45) is 1.17. The van der Waals surface area contributed by atoms with Crippen LogP contribution in [-0.4, -0.2) is 25.3 Å². The van der Waals surface area contributed by atoms with Gasteiger partial charge in [0.05, 0.1) is 12.7 Å². The lowest BCUT2D eigenvalue weighted by atomic mass is 9.85. The van der Waals surface area contributed by atoms with Crippen molar-refractivity contribution in [1.29, 1.82) is 0 Å². The van der Waals surface area contributed by atoms with Gasteiger partial charge in [-0.25, -0.2) is 0 Å². The first-order valence-electron chi connectivity index (χ1n) is 8.71. The van der Waals surface area contributed by atoms with Crippen molar-refractivity contribution >= 4 is 0 Å². The van der Waals surface area contributed by atoms with Crippen LogP contribution in [0.1, 0.15) is 44.2 Å². The predicted molar refractivity (Wildman–Crippen MR) is 97.9 cm³/mol. The highest BCUT2D eigenvalue weighted by Gasteiger charge is 2.24. The van der Waals surface area contributed by atoms with E-state index in [1.54, 1.807) is 0 Å². The Morgan fingerprint density at radius 3 is 1.83 bits per heavy atom. The van der Waals surface area contributed by atoms with Crippen molar-refractivity contribution in [3.8, 4) is 0 Å². The van der Waals surface area contributed by atoms with Crippen LogP contribution in [0.15, 0.2) is 60.7 Å². The molecule has 0 amide bonds. The molecule has 0 saturated heterocycles. The van der Waals surface area contributed by atoms with Crippen LogP contribution in [-0.2, 0) is 4.74 Å². The van der Waals surface area contributed by atoms with Gasteiger partial charge in [-0.05, 0) is 31.0 Å². The van der Waals surface area contributed by atoms with Crippen LogP contribution >= 0.6 is 0 Å². The maximum Gasteiger partial charge on any atom is 0.0682 e. The standard InChI is InChI=1S/C21H29NO/c1-4-20(23-16-17(3)22-5-2)21(18-12-8-6-9-13-18)19-14-10-7-11-15-19/h6-15,17,20-22H,4-5,16H2,1-3H3/t17-,20?/m0/s1. The van der Waals surface area contributed by atoms with Crippen molar-refractivity contribution < 1.29 is 4.74 Å². The third-order valence-electron chi connectivity index (χ3n) is 4.20. The Labute approximate surface area is 140 Å². The predicted octanol–water partition coefficient (Wildman–Crippen LogP) is 4.61. The van der Waals surface area contributed by atoms with Crippen molar-refractivity contribution in [3.05, 3.63) is 71.8 Å². The van der Waals surface area contributed by atoms with Gasteiger partial charge in [0, 0.05) is 12.0 Å². The smallest absolute Gasteiger partial charge is 0.0682 e. The largest absolute Gasteiger partial charge is 0.376 e. The van der Waals surface area contributed by atoms with E-state index in [2.05, 4.69) is 86.8 Å². The van der Waals surface area contributed by atoms with Crippen LogP contribution in [0.25, 0.3) is 0 Å². The lowest BCUT2D eigenvalue weighted by molar-refractivity contribution is 0.0287. The zero-order chi connectivity index (χ0) is 16.5. The first-order valence-corrected chi connectivity index (χ1v) is 8.71. The van der Waals surface area contributed by atoms with E-state index < -0.39 is 0 Å². The van der Waals surface area contributed by atoms with E-state index in [-0.39, 0.29) is 12.0 Å². The molecule has 0 fully saturated rings. The molecule has 2 aromatic carbocycles. The van der Waals surface area contributed by atoms with Gasteiger partial charge in [-0.1, -0.05) is 74.5 Å². The molecule has 2 rings (SSSR count). The SMILES string of the molecule is CCN[C@@H](C)COC(CC)C(c1ccccc1)c1ccccc1. The van der Waals surface area contributed by atoms with Crippen molar-refractivity contribution in [3.63, 3.8) is 0 Å². The molecule has 0 saturated carbocycles. The third kappa shape index (κ3) is 5.19. The molecule has 2 heteroatoms. The monoisotopic (exact) mass is 311 g/mol. The van der Waals surface area contributed by atoms with E-state index in [9.17, 15) is 0 Å². The number of hydrogen-bond donors (Lipinski definition) is 1. The second-order valence-electron chi connectivity index (χ2n) is 6.04. The fraction of sp³-hybridized carbons (Fsp3) is 0.429. The van der Waals surface area contributed by atoms with Crippen molar-refractivity contribution in [2.75, 3.05) is 13.2 Å². The summed E-state index contributed by atoms with van der Waals surface area (Å²) in [7, 11) is 0. The first-order chi connectivity index (χ1) is 11.3. The average Bonchev–Trinajstić information content (AvgIpc) is 2.60. The van der Waals surface area contributed by atoms with Crippen LogP contribution in [0.3, 0.4) is 0 Å². The van der Waals surface area contributed by atoms with Crippen LogP contribution < -0.4 is 5.32 Å². The molecule has 0 aromatic heterocycles. The maximum atomic E-state index is 6.31. The number of likely N-dealkylation sites (N-methyl/N-ethyl adjacent to an activating group) is 1. The summed E-state index contributed by atoms with van der Waals surface area (Å²) < 4.78 is 6.31. The Bertz CT molecular complexity index is 501. The van der Waals surface area contributed by atoms with Gasteiger partial charge in [-0.3, -0.25) is 0 Å². The summed E-state index contributed by atoms with van der Waals surface area (Å²) in [5.74, 6) is 0.274. The molecular weight excluding hydrogens is 282 g/mol. The van der Waals surface area contributed by atoms with E-state index in [1.807, 2.05) is 0 Å². The highest BCUT2D eigenvalue weighted by Crippen LogP contribution is 2.31. The van der Waals surface area contributed by atoms with Crippen molar-refractivity contribution in [2.45, 2.75) is 45.3 Å². The molecule has 0 aliphatic rings. The van der Waals surface area contributed by atoms with Gasteiger partial charge in [-0.2, -0.15) is 0 Å². The highest BCUT2D eigenvalue weighted by atomic mass is 16.5. The Morgan fingerprint density at radius 2 is 1.39 bits per heavy atom. The van der Waals surface area contributed by atoms with Gasteiger partial charge >= 0.3 is 0 Å². The molecule has 0 bridgehead atoms. The van der Waals surface area contributed by atoms with Gasteiger partial charge in [-0.15, -0.1) is 0 Å². The maximum absolute atomic E-state index is 6.31. The fourth-order valence-corrected chi connectivity index (χ4v) is 3.07. The molecule has 23 heavy (non-hydrogen) atoms. The second kappa shape index (κ2) is 9.49. The molecule has 0 aliphatic carbocycles. The van der Waals surface area contributed by atoms with Gasteiger partial charge in [0.25, 0.3) is 0 Å². The Morgan fingerprint density at radius 1 is 0.870 bits per heavy atom. The lowest BCUT2D eigenvalue weighted by Gasteiger charge is -2.29. The summed E-state index contributed by atoms with van der Waals surface area (Å²) in [6, 6.07) is 21.8. The average molecular weight is 311 g/mol. The van der Waals surface area contributed by atoms with Gasteiger partial charge in [0.15, 0.2) is 0 Å². The normalized spacial score (nSPS) is 13.9. The fourth-order valence-electron chi connectivity index (χ4n) is 3.07. The second-order valence-corrected chi connectivity index (χ2v) is 6.04. The summed E-state index contributed by atoms with van der Waals surface area (Å²) >= 11 is 0. The van der Waals surface area contributed by atoms with E-state index in [4.69, 9.17) is 4.74 Å². The molecule has 0 spiro atoms. The summed E-state index contributed by atoms with van der Waals surface area (Å²) in [5.41, 5.74) is 2.64. The number of rotatable bonds is 9. The molecule has 1 N–H and O–H groups in total. The minimum Gasteiger partial charge on any atom is -0.376 e. The number of hydrogen-bond acceptors (Lipinski definition) is 2. The minimum atomic E-state index is 0.181. The van der Waals surface area contributed by atoms with Crippen LogP contribution in [0, 0.1) is 0 Å². The summed E-state index contributed by atoms with van der Waals surface area (Å²) in [4.78, 5) is 0. The molecule has 2 aromatic rings. The number of nitrogens with one attached hydrogen (secondary N) is 1. The molecule has 2 atom stereocenters. The Kier molecular flexibility index (Phi) is 7.31. The molecular formula is C21H29NO. The van der Waals surface area contributed by atoms with Crippen LogP contribution in [0.2, 0.25) is 0 Å². The van der Waals surface area contributed by atoms with Gasteiger partial charge < -0.3 is 10.1 Å². The zero-order valence-electron chi connectivity index (χ0n) is 14.5. The van der Waals surface area contributed by atoms with Gasteiger partial charge in [0.1, 0.15) is 0 Å². The van der Waals surface area contributed by atoms with E-state index in [1.165, 1.54) is 11.1 Å². The summed E-state index contributed by atoms with van der Waals surface area (Å²) in [5, 5.41) is 3.42. The first kappa shape index (κ1) is 17.7. The highest BCUT2D eigenvalue weighted by molar-refractivity contribution is 5.33. The minimum absolute atomic E-state index is 0.181. The van der Waals surface area contributed by atoms with Crippen LogP contribution in [0.5, 0.6) is 0 Å². The molecule has 124 valence electrons. The quantitative estimate of drug-likeness (QED) is 0.730. The molecule has 0 radical (unpaired) electrons. The van der Waals surface area contributed by atoms with E-state index >= 15 is 0 Å². The summed E-state index contributed by atoms with van der Waals surface area (Å²) in [6.45, 7) is 8.23. The van der Waals surface area contributed by atoms with Crippen molar-refractivity contribution in [2.24, 2.45) is 0 Å². The zero-order valence-corrected chi connectivity index (χ0v) is 14.5. The lowest BCUT2D eigenvalue weighted by Crippen LogP contribution is -2.34. The van der Waals surface area contributed by atoms with E-state index in [0.717, 1.165) is 19.6 Å². The molecule has 2 nitrogen and oxygen atoms in total. The van der Waals surface area contributed by atoms with Gasteiger partial charge in [0.2, 0.25) is 0 Å². The number of ether oxygens (including phenoxy) is 1. The third-order valence-corrected chi connectivity index (χ3v) is 4.20.